The van der Waals surface area contributed by atoms with Crippen LogP contribution in [0.4, 0.5) is 0 Å². The SMILES string of the molecule is CCCCCCCCCC(=O)CCCCCCCCCCCC(=O)OC. The van der Waals surface area contributed by atoms with Crippen molar-refractivity contribution in [2.24, 2.45) is 0 Å². The van der Waals surface area contributed by atoms with Gasteiger partial charge in [0.25, 0.3) is 0 Å². The van der Waals surface area contributed by atoms with Crippen molar-refractivity contribution in [1.29, 1.82) is 0 Å². The number of methoxy groups -OCH3 is 1. The van der Waals surface area contributed by atoms with Gasteiger partial charge in [0.2, 0.25) is 0 Å². The Morgan fingerprint density at radius 1 is 0.538 bits per heavy atom. The molecule has 0 aliphatic rings. The van der Waals surface area contributed by atoms with Gasteiger partial charge in [-0.3, -0.25) is 9.59 Å². The molecule has 0 heterocycles. The van der Waals surface area contributed by atoms with Crippen LogP contribution in [-0.4, -0.2) is 18.9 Å². The highest BCUT2D eigenvalue weighted by Gasteiger charge is 2.02. The highest BCUT2D eigenvalue weighted by Crippen LogP contribution is 2.13. The van der Waals surface area contributed by atoms with E-state index in [9.17, 15) is 9.59 Å². The van der Waals surface area contributed by atoms with Gasteiger partial charge in [-0.2, -0.15) is 0 Å². The van der Waals surface area contributed by atoms with Gasteiger partial charge in [-0.25, -0.2) is 0 Å². The molecular formula is C23H44O3. The van der Waals surface area contributed by atoms with Gasteiger partial charge in [0.05, 0.1) is 7.11 Å². The molecule has 0 aliphatic carbocycles. The number of rotatable bonds is 20. The highest BCUT2D eigenvalue weighted by molar-refractivity contribution is 5.78. The lowest BCUT2D eigenvalue weighted by molar-refractivity contribution is -0.140. The van der Waals surface area contributed by atoms with Gasteiger partial charge < -0.3 is 4.74 Å². The van der Waals surface area contributed by atoms with E-state index in [0.717, 1.165) is 38.5 Å². The summed E-state index contributed by atoms with van der Waals surface area (Å²) in [7, 11) is 1.45. The molecule has 0 unspecified atom stereocenters. The van der Waals surface area contributed by atoms with Crippen molar-refractivity contribution in [2.45, 2.75) is 129 Å². The van der Waals surface area contributed by atoms with Crippen molar-refractivity contribution in [1.82, 2.24) is 0 Å². The van der Waals surface area contributed by atoms with Crippen LogP contribution in [-0.2, 0) is 14.3 Å². The smallest absolute Gasteiger partial charge is 0.305 e. The molecule has 3 nitrogen and oxygen atoms in total. The zero-order chi connectivity index (χ0) is 19.3. The minimum Gasteiger partial charge on any atom is -0.469 e. The van der Waals surface area contributed by atoms with E-state index in [1.165, 1.54) is 84.2 Å². The molecule has 154 valence electrons. The van der Waals surface area contributed by atoms with Crippen LogP contribution in [0.2, 0.25) is 0 Å². The van der Waals surface area contributed by atoms with Gasteiger partial charge in [-0.15, -0.1) is 0 Å². The first kappa shape index (κ1) is 25.1. The number of esters is 1. The summed E-state index contributed by atoms with van der Waals surface area (Å²) in [4.78, 5) is 22.8. The third kappa shape index (κ3) is 19.5. The summed E-state index contributed by atoms with van der Waals surface area (Å²) in [5.41, 5.74) is 0. The molecule has 26 heavy (non-hydrogen) atoms. The Kier molecular flexibility index (Phi) is 19.8. The first-order valence-corrected chi connectivity index (χ1v) is 11.3. The Labute approximate surface area is 162 Å². The van der Waals surface area contributed by atoms with Crippen LogP contribution in [0.3, 0.4) is 0 Å². The van der Waals surface area contributed by atoms with Gasteiger partial charge in [-0.05, 0) is 19.3 Å². The summed E-state index contributed by atoms with van der Waals surface area (Å²) in [5, 5.41) is 0. The number of ketones is 1. The predicted octanol–water partition coefficient (Wildman–Crippen LogP) is 7.16. The fourth-order valence-electron chi connectivity index (χ4n) is 3.34. The molecule has 0 spiro atoms. The van der Waals surface area contributed by atoms with Crippen LogP contribution in [0.25, 0.3) is 0 Å². The monoisotopic (exact) mass is 368 g/mol. The van der Waals surface area contributed by atoms with Crippen LogP contribution in [0, 0.1) is 0 Å². The quantitative estimate of drug-likeness (QED) is 0.169. The average molecular weight is 369 g/mol. The Hall–Kier alpha value is -0.860. The van der Waals surface area contributed by atoms with Crippen molar-refractivity contribution >= 4 is 11.8 Å². The maximum Gasteiger partial charge on any atom is 0.305 e. The molecule has 0 saturated carbocycles. The second-order valence-corrected chi connectivity index (χ2v) is 7.67. The van der Waals surface area contributed by atoms with Crippen LogP contribution in [0.1, 0.15) is 129 Å². The minimum absolute atomic E-state index is 0.0912. The number of ether oxygens (including phenoxy) is 1. The Morgan fingerprint density at radius 3 is 1.27 bits per heavy atom. The van der Waals surface area contributed by atoms with Crippen LogP contribution < -0.4 is 0 Å². The van der Waals surface area contributed by atoms with Gasteiger partial charge in [-0.1, -0.05) is 90.4 Å². The molecule has 0 amide bonds. The van der Waals surface area contributed by atoms with Crippen molar-refractivity contribution in [3.8, 4) is 0 Å². The summed E-state index contributed by atoms with van der Waals surface area (Å²) < 4.78 is 4.63. The van der Waals surface area contributed by atoms with Gasteiger partial charge in [0.15, 0.2) is 0 Å². The zero-order valence-electron chi connectivity index (χ0n) is 17.7. The van der Waals surface area contributed by atoms with Crippen molar-refractivity contribution in [3.63, 3.8) is 0 Å². The molecule has 0 saturated heterocycles. The Balaban J connectivity index is 3.17. The summed E-state index contributed by atoms with van der Waals surface area (Å²) in [6.45, 7) is 2.24. The van der Waals surface area contributed by atoms with E-state index in [0.29, 0.717) is 12.2 Å². The van der Waals surface area contributed by atoms with Crippen LogP contribution >= 0.6 is 0 Å². The fourth-order valence-corrected chi connectivity index (χ4v) is 3.34. The molecule has 0 aromatic heterocycles. The molecule has 0 bridgehead atoms. The predicted molar refractivity (Wildman–Crippen MR) is 110 cm³/mol. The molecular weight excluding hydrogens is 324 g/mol. The minimum atomic E-state index is -0.0912. The summed E-state index contributed by atoms with van der Waals surface area (Å²) in [6, 6.07) is 0. The summed E-state index contributed by atoms with van der Waals surface area (Å²) >= 11 is 0. The summed E-state index contributed by atoms with van der Waals surface area (Å²) in [6.07, 6.45) is 21.8. The first-order valence-electron chi connectivity index (χ1n) is 11.3. The molecule has 3 heteroatoms. The van der Waals surface area contributed by atoms with Crippen LogP contribution in [0.15, 0.2) is 0 Å². The Morgan fingerprint density at radius 2 is 0.885 bits per heavy atom. The molecule has 0 aromatic carbocycles. The molecule has 0 rings (SSSR count). The van der Waals surface area contributed by atoms with E-state index >= 15 is 0 Å². The number of hydrogen-bond donors (Lipinski definition) is 0. The van der Waals surface area contributed by atoms with E-state index in [2.05, 4.69) is 11.7 Å². The molecule has 0 fully saturated rings. The van der Waals surface area contributed by atoms with Crippen molar-refractivity contribution in [2.75, 3.05) is 7.11 Å². The number of Topliss-reactive ketones (excluding diaryl/α,β-unsaturated/α-hetero) is 1. The maximum absolute atomic E-state index is 11.9. The third-order valence-electron chi connectivity index (χ3n) is 5.12. The number of carbonyl (C=O) groups is 2. The van der Waals surface area contributed by atoms with Gasteiger partial charge >= 0.3 is 5.97 Å². The summed E-state index contributed by atoms with van der Waals surface area (Å²) in [5.74, 6) is 0.385. The highest BCUT2D eigenvalue weighted by atomic mass is 16.5. The largest absolute Gasteiger partial charge is 0.469 e. The lowest BCUT2D eigenvalue weighted by atomic mass is 10.0. The van der Waals surface area contributed by atoms with E-state index in [4.69, 9.17) is 0 Å². The van der Waals surface area contributed by atoms with Gasteiger partial charge in [0, 0.05) is 19.3 Å². The molecule has 0 aromatic rings. The zero-order valence-corrected chi connectivity index (χ0v) is 17.7. The fraction of sp³-hybridized carbons (Fsp3) is 0.913. The second kappa shape index (κ2) is 20.5. The third-order valence-corrected chi connectivity index (χ3v) is 5.12. The number of carbonyl (C=O) groups excluding carboxylic acids is 2. The standard InChI is InChI=1S/C23H44O3/c1-3-4-5-6-10-13-16-19-22(24)20-17-14-11-8-7-9-12-15-18-21-23(25)26-2/h3-21H2,1-2H3. The average Bonchev–Trinajstić information content (AvgIpc) is 2.65. The number of unbranched alkanes of at least 4 members (excludes halogenated alkanes) is 14. The van der Waals surface area contributed by atoms with E-state index in [1.807, 2.05) is 0 Å². The van der Waals surface area contributed by atoms with Crippen LogP contribution in [0.5, 0.6) is 0 Å². The topological polar surface area (TPSA) is 43.4 Å². The maximum atomic E-state index is 11.9. The molecule has 0 N–H and O–H groups in total. The van der Waals surface area contributed by atoms with E-state index < -0.39 is 0 Å². The number of hydrogen-bond acceptors (Lipinski definition) is 3. The lowest BCUT2D eigenvalue weighted by Gasteiger charge is -2.03. The van der Waals surface area contributed by atoms with Crippen molar-refractivity contribution in [3.05, 3.63) is 0 Å². The lowest BCUT2D eigenvalue weighted by Crippen LogP contribution is -1.99. The normalized spacial score (nSPS) is 10.8. The van der Waals surface area contributed by atoms with E-state index in [1.54, 1.807) is 0 Å². The van der Waals surface area contributed by atoms with E-state index in [-0.39, 0.29) is 5.97 Å². The molecule has 0 atom stereocenters. The van der Waals surface area contributed by atoms with Gasteiger partial charge in [0.1, 0.15) is 5.78 Å². The first-order chi connectivity index (χ1) is 12.7. The van der Waals surface area contributed by atoms with Crippen molar-refractivity contribution < 1.29 is 14.3 Å². The molecule has 0 aliphatic heterocycles. The molecule has 0 radical (unpaired) electrons. The second-order valence-electron chi connectivity index (χ2n) is 7.67. The Bertz CT molecular complexity index is 325.